The van der Waals surface area contributed by atoms with Crippen LogP contribution in [0.25, 0.3) is 5.57 Å². The molecule has 0 saturated heterocycles. The Kier molecular flexibility index (Phi) is 2.87. The molecule has 0 N–H and O–H groups in total. The lowest BCUT2D eigenvalue weighted by Gasteiger charge is -2.15. The molecule has 1 atom stereocenters. The monoisotopic (exact) mass is 248 g/mol. The number of hydrogen-bond donors (Lipinski definition) is 0. The summed E-state index contributed by atoms with van der Waals surface area (Å²) in [6.45, 7) is 2.25. The molecule has 1 heteroatoms. The first-order valence-electron chi connectivity index (χ1n) is 4.89. The van der Waals surface area contributed by atoms with Gasteiger partial charge in [0.15, 0.2) is 0 Å². The van der Waals surface area contributed by atoms with Crippen molar-refractivity contribution < 1.29 is 0 Å². The number of benzene rings is 1. The summed E-state index contributed by atoms with van der Waals surface area (Å²) in [4.78, 5) is 0. The van der Waals surface area contributed by atoms with Gasteiger partial charge in [0.25, 0.3) is 0 Å². The fourth-order valence-electron chi connectivity index (χ4n) is 1.77. The minimum atomic E-state index is 0.655. The highest BCUT2D eigenvalue weighted by Crippen LogP contribution is 2.31. The molecule has 0 spiro atoms. The smallest absolute Gasteiger partial charge is 0.0250 e. The van der Waals surface area contributed by atoms with Crippen LogP contribution in [-0.2, 0) is 0 Å². The van der Waals surface area contributed by atoms with E-state index >= 15 is 0 Å². The van der Waals surface area contributed by atoms with Crippen molar-refractivity contribution in [1.82, 2.24) is 0 Å². The molecule has 1 aromatic rings. The van der Waals surface area contributed by atoms with Gasteiger partial charge in [-0.15, -0.1) is 0 Å². The predicted molar refractivity (Wildman–Crippen MR) is 65.0 cm³/mol. The second-order valence-corrected chi connectivity index (χ2v) is 4.59. The zero-order valence-corrected chi connectivity index (χ0v) is 9.79. The average molecular weight is 249 g/mol. The van der Waals surface area contributed by atoms with Gasteiger partial charge in [-0.05, 0) is 29.5 Å². The maximum Gasteiger partial charge on any atom is 0.0250 e. The van der Waals surface area contributed by atoms with E-state index in [1.807, 2.05) is 0 Å². The van der Waals surface area contributed by atoms with Gasteiger partial charge in [0.1, 0.15) is 0 Å². The first-order valence-corrected chi connectivity index (χ1v) is 5.69. The van der Waals surface area contributed by atoms with Crippen LogP contribution in [0.5, 0.6) is 0 Å². The first kappa shape index (κ1) is 9.72. The number of allylic oxidation sites excluding steroid dienone is 4. The van der Waals surface area contributed by atoms with Crippen molar-refractivity contribution in [2.24, 2.45) is 5.92 Å². The summed E-state index contributed by atoms with van der Waals surface area (Å²) < 4.78 is 1.19. The molecule has 0 bridgehead atoms. The quantitative estimate of drug-likeness (QED) is 0.690. The van der Waals surface area contributed by atoms with Gasteiger partial charge in [-0.2, -0.15) is 0 Å². The molecule has 0 radical (unpaired) electrons. The van der Waals surface area contributed by atoms with E-state index in [0.29, 0.717) is 5.92 Å². The molecule has 2 rings (SSSR count). The van der Waals surface area contributed by atoms with Crippen molar-refractivity contribution in [3.05, 3.63) is 52.5 Å². The van der Waals surface area contributed by atoms with Gasteiger partial charge >= 0.3 is 0 Å². The molecule has 0 saturated carbocycles. The Morgan fingerprint density at radius 2 is 2.07 bits per heavy atom. The van der Waals surface area contributed by atoms with E-state index in [0.717, 1.165) is 6.42 Å². The van der Waals surface area contributed by atoms with E-state index in [9.17, 15) is 0 Å². The highest BCUT2D eigenvalue weighted by molar-refractivity contribution is 9.10. The van der Waals surface area contributed by atoms with Crippen molar-refractivity contribution in [3.8, 4) is 0 Å². The van der Waals surface area contributed by atoms with E-state index in [4.69, 9.17) is 0 Å². The van der Waals surface area contributed by atoms with Gasteiger partial charge in [-0.1, -0.05) is 59.3 Å². The van der Waals surface area contributed by atoms with Crippen LogP contribution in [0, 0.1) is 5.92 Å². The SMILES string of the molecule is CC1C=CC=C(c2ccccc2Br)C1. The minimum Gasteiger partial charge on any atom is -0.0814 e. The standard InChI is InChI=1S/C13H13Br/c1-10-5-4-6-11(9-10)12-7-2-3-8-13(12)14/h2-8,10H,9H2,1H3. The van der Waals surface area contributed by atoms with Crippen LogP contribution < -0.4 is 0 Å². The highest BCUT2D eigenvalue weighted by atomic mass is 79.9. The normalized spacial score (nSPS) is 20.7. The van der Waals surface area contributed by atoms with Gasteiger partial charge in [-0.3, -0.25) is 0 Å². The van der Waals surface area contributed by atoms with E-state index in [1.165, 1.54) is 15.6 Å². The van der Waals surface area contributed by atoms with Gasteiger partial charge in [0, 0.05) is 4.47 Å². The van der Waals surface area contributed by atoms with Crippen molar-refractivity contribution in [3.63, 3.8) is 0 Å². The zero-order chi connectivity index (χ0) is 9.97. The molecule has 1 aromatic carbocycles. The molecule has 0 aromatic heterocycles. The summed E-state index contributed by atoms with van der Waals surface area (Å²) in [6.07, 6.45) is 7.75. The minimum absolute atomic E-state index is 0.655. The van der Waals surface area contributed by atoms with Gasteiger partial charge in [0.2, 0.25) is 0 Å². The zero-order valence-electron chi connectivity index (χ0n) is 8.20. The first-order chi connectivity index (χ1) is 6.77. The largest absolute Gasteiger partial charge is 0.0814 e. The maximum atomic E-state index is 3.59. The topological polar surface area (TPSA) is 0 Å². The molecule has 72 valence electrons. The van der Waals surface area contributed by atoms with Crippen LogP contribution in [0.2, 0.25) is 0 Å². The van der Waals surface area contributed by atoms with E-state index in [1.54, 1.807) is 0 Å². The summed E-state index contributed by atoms with van der Waals surface area (Å²) in [7, 11) is 0. The molecule has 0 fully saturated rings. The summed E-state index contributed by atoms with van der Waals surface area (Å²) in [5.41, 5.74) is 2.75. The second kappa shape index (κ2) is 4.14. The molecule has 1 unspecified atom stereocenters. The molecule has 0 amide bonds. The van der Waals surface area contributed by atoms with E-state index < -0.39 is 0 Å². The Morgan fingerprint density at radius 1 is 1.29 bits per heavy atom. The van der Waals surface area contributed by atoms with Crippen molar-refractivity contribution in [2.75, 3.05) is 0 Å². The maximum absolute atomic E-state index is 3.59. The molecule has 1 aliphatic rings. The number of rotatable bonds is 1. The van der Waals surface area contributed by atoms with Gasteiger partial charge in [-0.25, -0.2) is 0 Å². The van der Waals surface area contributed by atoms with Crippen LogP contribution in [0.15, 0.2) is 47.0 Å². The average Bonchev–Trinajstić information content (AvgIpc) is 2.18. The molecule has 14 heavy (non-hydrogen) atoms. The van der Waals surface area contributed by atoms with Crippen molar-refractivity contribution in [1.29, 1.82) is 0 Å². The summed E-state index contributed by atoms with van der Waals surface area (Å²) in [5.74, 6) is 0.655. The third kappa shape index (κ3) is 1.98. The second-order valence-electron chi connectivity index (χ2n) is 3.74. The Labute approximate surface area is 93.5 Å². The Hall–Kier alpha value is -0.820. The molecule has 0 heterocycles. The lowest BCUT2D eigenvalue weighted by molar-refractivity contribution is 0.748. The van der Waals surface area contributed by atoms with Crippen LogP contribution in [-0.4, -0.2) is 0 Å². The number of hydrogen-bond acceptors (Lipinski definition) is 0. The van der Waals surface area contributed by atoms with Crippen LogP contribution in [0.4, 0.5) is 0 Å². The Balaban J connectivity index is 2.36. The summed E-state index contributed by atoms with van der Waals surface area (Å²) in [6, 6.07) is 8.40. The van der Waals surface area contributed by atoms with E-state index in [2.05, 4.69) is 65.3 Å². The van der Waals surface area contributed by atoms with Gasteiger partial charge in [0.05, 0.1) is 0 Å². The van der Waals surface area contributed by atoms with Crippen molar-refractivity contribution in [2.45, 2.75) is 13.3 Å². The number of halogens is 1. The molecule has 0 aliphatic heterocycles. The molecule has 0 nitrogen and oxygen atoms in total. The lowest BCUT2D eigenvalue weighted by Crippen LogP contribution is -1.97. The third-order valence-electron chi connectivity index (χ3n) is 2.50. The van der Waals surface area contributed by atoms with Crippen molar-refractivity contribution >= 4 is 21.5 Å². The third-order valence-corrected chi connectivity index (χ3v) is 3.19. The Bertz CT molecular complexity index is 388. The molecular formula is C13H13Br. The van der Waals surface area contributed by atoms with E-state index in [-0.39, 0.29) is 0 Å². The predicted octanol–water partition coefficient (Wildman–Crippen LogP) is 4.43. The lowest BCUT2D eigenvalue weighted by atomic mass is 9.91. The van der Waals surface area contributed by atoms with Crippen LogP contribution in [0.1, 0.15) is 18.9 Å². The summed E-state index contributed by atoms with van der Waals surface area (Å²) >= 11 is 3.59. The van der Waals surface area contributed by atoms with Gasteiger partial charge < -0.3 is 0 Å². The summed E-state index contributed by atoms with van der Waals surface area (Å²) in [5, 5.41) is 0. The highest BCUT2D eigenvalue weighted by Gasteiger charge is 2.10. The van der Waals surface area contributed by atoms with Crippen LogP contribution >= 0.6 is 15.9 Å². The molecular weight excluding hydrogens is 236 g/mol. The van der Waals surface area contributed by atoms with Crippen LogP contribution in [0.3, 0.4) is 0 Å². The fourth-order valence-corrected chi connectivity index (χ4v) is 2.31. The molecule has 1 aliphatic carbocycles. The fraction of sp³-hybridized carbons (Fsp3) is 0.231. The Morgan fingerprint density at radius 3 is 2.79 bits per heavy atom.